The van der Waals surface area contributed by atoms with Crippen molar-refractivity contribution in [1.29, 1.82) is 0 Å². The third-order valence-electron chi connectivity index (χ3n) is 2.91. The number of methoxy groups -OCH3 is 1. The van der Waals surface area contributed by atoms with E-state index >= 15 is 0 Å². The zero-order chi connectivity index (χ0) is 14.1. The van der Waals surface area contributed by atoms with Crippen LogP contribution in [0.1, 0.15) is 16.1 Å². The lowest BCUT2D eigenvalue weighted by Crippen LogP contribution is -2.06. The smallest absolute Gasteiger partial charge is 0.358 e. The number of hydrogen-bond acceptors (Lipinski definition) is 5. The molecule has 0 bridgehead atoms. The second kappa shape index (κ2) is 5.16. The quantitative estimate of drug-likeness (QED) is 0.803. The van der Waals surface area contributed by atoms with Gasteiger partial charge < -0.3 is 14.2 Å². The molecule has 0 atom stereocenters. The molecular formula is C13H11BrN2O4. The fourth-order valence-electron chi connectivity index (χ4n) is 1.92. The van der Waals surface area contributed by atoms with Gasteiger partial charge >= 0.3 is 5.97 Å². The minimum absolute atomic E-state index is 0.236. The molecule has 1 aromatic heterocycles. The van der Waals surface area contributed by atoms with Gasteiger partial charge in [-0.3, -0.25) is 4.68 Å². The van der Waals surface area contributed by atoms with E-state index in [9.17, 15) is 4.79 Å². The van der Waals surface area contributed by atoms with E-state index in [1.165, 1.54) is 7.11 Å². The van der Waals surface area contributed by atoms with Gasteiger partial charge in [0.05, 0.1) is 13.7 Å². The summed E-state index contributed by atoms with van der Waals surface area (Å²) in [6.07, 6.45) is 1.73. The fraction of sp³-hybridized carbons (Fsp3) is 0.231. The maximum absolute atomic E-state index is 11.4. The average molecular weight is 339 g/mol. The van der Waals surface area contributed by atoms with Gasteiger partial charge in [-0.15, -0.1) is 0 Å². The molecular weight excluding hydrogens is 328 g/mol. The molecule has 0 fully saturated rings. The number of fused-ring (bicyclic) bond motifs is 1. The molecule has 2 aromatic rings. The first-order valence-corrected chi connectivity index (χ1v) is 6.66. The van der Waals surface area contributed by atoms with Crippen molar-refractivity contribution < 1.29 is 19.0 Å². The summed E-state index contributed by atoms with van der Waals surface area (Å²) in [7, 11) is 1.33. The number of nitrogens with zero attached hydrogens (tertiary/aromatic N) is 2. The normalized spacial score (nSPS) is 12.5. The largest absolute Gasteiger partial charge is 0.464 e. The maximum atomic E-state index is 11.4. The summed E-state index contributed by atoms with van der Waals surface area (Å²) in [5.74, 6) is 0.980. The lowest BCUT2D eigenvalue weighted by molar-refractivity contribution is 0.0593. The zero-order valence-corrected chi connectivity index (χ0v) is 12.2. The number of rotatable bonds is 3. The second-order valence-corrected chi connectivity index (χ2v) is 5.04. The van der Waals surface area contributed by atoms with Crippen molar-refractivity contribution in [2.24, 2.45) is 0 Å². The first-order valence-electron chi connectivity index (χ1n) is 5.87. The minimum Gasteiger partial charge on any atom is -0.464 e. The van der Waals surface area contributed by atoms with Crippen molar-refractivity contribution in [2.45, 2.75) is 6.54 Å². The summed E-state index contributed by atoms with van der Waals surface area (Å²) in [6, 6.07) is 5.38. The molecule has 2 heterocycles. The maximum Gasteiger partial charge on any atom is 0.358 e. The molecule has 0 spiro atoms. The lowest BCUT2D eigenvalue weighted by Gasteiger charge is -2.06. The van der Waals surface area contributed by atoms with Gasteiger partial charge in [0.1, 0.15) is 0 Å². The van der Waals surface area contributed by atoms with Crippen LogP contribution >= 0.6 is 15.9 Å². The van der Waals surface area contributed by atoms with Crippen molar-refractivity contribution in [3.05, 3.63) is 40.1 Å². The van der Waals surface area contributed by atoms with Crippen LogP contribution in [-0.4, -0.2) is 29.7 Å². The Hall–Kier alpha value is -2.02. The first kappa shape index (κ1) is 13.0. The number of hydrogen-bond donors (Lipinski definition) is 0. The van der Waals surface area contributed by atoms with E-state index in [-0.39, 0.29) is 12.5 Å². The summed E-state index contributed by atoms with van der Waals surface area (Å²) in [5, 5.41) is 4.16. The molecule has 1 aliphatic rings. The number of benzene rings is 1. The van der Waals surface area contributed by atoms with Crippen molar-refractivity contribution in [2.75, 3.05) is 13.9 Å². The molecule has 0 unspecified atom stereocenters. The van der Waals surface area contributed by atoms with Gasteiger partial charge in [-0.05, 0) is 23.8 Å². The predicted octanol–water partition coefficient (Wildman–Crippen LogP) is 2.21. The van der Waals surface area contributed by atoms with Gasteiger partial charge in [-0.2, -0.15) is 5.10 Å². The Kier molecular flexibility index (Phi) is 3.35. The SMILES string of the molecule is COC(=O)c1ccn(Cc2cc3c(cc2Br)OCO3)n1. The van der Waals surface area contributed by atoms with Crippen LogP contribution < -0.4 is 9.47 Å². The lowest BCUT2D eigenvalue weighted by atomic mass is 10.2. The summed E-state index contributed by atoms with van der Waals surface area (Å²) in [6.45, 7) is 0.744. The van der Waals surface area contributed by atoms with Gasteiger partial charge in [-0.1, -0.05) is 15.9 Å². The number of aromatic nitrogens is 2. The van der Waals surface area contributed by atoms with Crippen LogP contribution in [-0.2, 0) is 11.3 Å². The van der Waals surface area contributed by atoms with Crippen LogP contribution in [0.3, 0.4) is 0 Å². The summed E-state index contributed by atoms with van der Waals surface area (Å²) in [5.41, 5.74) is 1.26. The van der Waals surface area contributed by atoms with E-state index in [2.05, 4.69) is 25.8 Å². The van der Waals surface area contributed by atoms with Crippen LogP contribution in [0.15, 0.2) is 28.9 Å². The Morgan fingerprint density at radius 2 is 2.20 bits per heavy atom. The highest BCUT2D eigenvalue weighted by Crippen LogP contribution is 2.37. The monoisotopic (exact) mass is 338 g/mol. The average Bonchev–Trinajstić information content (AvgIpc) is 3.07. The highest BCUT2D eigenvalue weighted by atomic mass is 79.9. The molecule has 3 rings (SSSR count). The number of halogens is 1. The Morgan fingerprint density at radius 1 is 1.45 bits per heavy atom. The van der Waals surface area contributed by atoms with E-state index in [1.807, 2.05) is 12.1 Å². The molecule has 0 aliphatic carbocycles. The number of ether oxygens (including phenoxy) is 3. The highest BCUT2D eigenvalue weighted by Gasteiger charge is 2.17. The summed E-state index contributed by atoms with van der Waals surface area (Å²) in [4.78, 5) is 11.4. The third-order valence-corrected chi connectivity index (χ3v) is 3.65. The van der Waals surface area contributed by atoms with Crippen LogP contribution in [0, 0.1) is 0 Å². The summed E-state index contributed by atoms with van der Waals surface area (Å²) < 4.78 is 17.8. The molecule has 0 amide bonds. The van der Waals surface area contributed by atoms with Gasteiger partial charge in [0, 0.05) is 10.7 Å². The van der Waals surface area contributed by atoms with E-state index in [1.54, 1.807) is 16.9 Å². The topological polar surface area (TPSA) is 62.6 Å². The Balaban J connectivity index is 1.84. The van der Waals surface area contributed by atoms with Gasteiger partial charge in [-0.25, -0.2) is 4.79 Å². The van der Waals surface area contributed by atoms with Crippen molar-refractivity contribution in [3.8, 4) is 11.5 Å². The Morgan fingerprint density at radius 3 is 2.95 bits per heavy atom. The molecule has 20 heavy (non-hydrogen) atoms. The van der Waals surface area contributed by atoms with E-state index in [4.69, 9.17) is 9.47 Å². The van der Waals surface area contributed by atoms with Gasteiger partial charge in [0.15, 0.2) is 17.2 Å². The Bertz CT molecular complexity index is 668. The molecule has 0 N–H and O–H groups in total. The van der Waals surface area contributed by atoms with Crippen LogP contribution in [0.5, 0.6) is 11.5 Å². The number of carbonyl (C=O) groups excluding carboxylic acids is 1. The van der Waals surface area contributed by atoms with Crippen molar-refractivity contribution >= 4 is 21.9 Å². The predicted molar refractivity (Wildman–Crippen MR) is 72.9 cm³/mol. The first-order chi connectivity index (χ1) is 9.67. The summed E-state index contributed by atoms with van der Waals surface area (Å²) >= 11 is 3.49. The van der Waals surface area contributed by atoms with Crippen LogP contribution in [0.25, 0.3) is 0 Å². The molecule has 0 radical (unpaired) electrons. The van der Waals surface area contributed by atoms with Crippen molar-refractivity contribution in [3.63, 3.8) is 0 Å². The van der Waals surface area contributed by atoms with Crippen LogP contribution in [0.4, 0.5) is 0 Å². The van der Waals surface area contributed by atoms with E-state index in [0.717, 1.165) is 15.8 Å². The highest BCUT2D eigenvalue weighted by molar-refractivity contribution is 9.10. The molecule has 1 aromatic carbocycles. The minimum atomic E-state index is -0.450. The van der Waals surface area contributed by atoms with Crippen LogP contribution in [0.2, 0.25) is 0 Å². The van der Waals surface area contributed by atoms with E-state index in [0.29, 0.717) is 12.3 Å². The van der Waals surface area contributed by atoms with Gasteiger partial charge in [0.25, 0.3) is 0 Å². The Labute approximate surface area is 123 Å². The molecule has 1 aliphatic heterocycles. The molecule has 6 nitrogen and oxygen atoms in total. The number of esters is 1. The second-order valence-electron chi connectivity index (χ2n) is 4.19. The van der Waals surface area contributed by atoms with E-state index < -0.39 is 5.97 Å². The zero-order valence-electron chi connectivity index (χ0n) is 10.6. The van der Waals surface area contributed by atoms with Crippen molar-refractivity contribution in [1.82, 2.24) is 9.78 Å². The number of carbonyl (C=O) groups is 1. The third kappa shape index (κ3) is 2.36. The van der Waals surface area contributed by atoms with Gasteiger partial charge in [0.2, 0.25) is 6.79 Å². The molecule has 7 heteroatoms. The molecule has 0 saturated heterocycles. The standard InChI is InChI=1S/C13H11BrN2O4/c1-18-13(17)10-2-3-16(15-10)6-8-4-11-12(5-9(8)14)20-7-19-11/h2-5H,6-7H2,1H3. The fourth-order valence-corrected chi connectivity index (χ4v) is 2.37. The molecule has 0 saturated carbocycles. The molecule has 104 valence electrons.